The van der Waals surface area contributed by atoms with Crippen LogP contribution in [-0.4, -0.2) is 19.8 Å². The molecule has 0 amide bonds. The van der Waals surface area contributed by atoms with Gasteiger partial charge in [0.2, 0.25) is 0 Å². The summed E-state index contributed by atoms with van der Waals surface area (Å²) in [4.78, 5) is 0. The molecule has 2 aliphatic rings. The van der Waals surface area contributed by atoms with E-state index < -0.39 is 0 Å². The van der Waals surface area contributed by atoms with E-state index in [1.807, 2.05) is 19.2 Å². The molecule has 3 atom stereocenters. The second kappa shape index (κ2) is 5.28. The fourth-order valence-electron chi connectivity index (χ4n) is 3.83. The fourth-order valence-corrected chi connectivity index (χ4v) is 3.83. The highest BCUT2D eigenvalue weighted by Crippen LogP contribution is 2.49. The third kappa shape index (κ3) is 2.18. The lowest BCUT2D eigenvalue weighted by Crippen LogP contribution is -2.50. The third-order valence-electron chi connectivity index (χ3n) is 5.19. The van der Waals surface area contributed by atoms with Crippen LogP contribution in [0.1, 0.15) is 50.6 Å². The Hall–Kier alpha value is -1.22. The van der Waals surface area contributed by atoms with Crippen molar-refractivity contribution >= 4 is 0 Å². The van der Waals surface area contributed by atoms with Crippen molar-refractivity contribution in [3.8, 4) is 11.5 Å². The normalized spacial score (nSPS) is 32.5. The van der Waals surface area contributed by atoms with E-state index in [4.69, 9.17) is 9.47 Å². The molecule has 3 rings (SSSR count). The molecule has 1 heterocycles. The Morgan fingerprint density at radius 2 is 2.20 bits per heavy atom. The number of benzene rings is 1. The van der Waals surface area contributed by atoms with Gasteiger partial charge in [-0.2, -0.15) is 0 Å². The first-order valence-electron chi connectivity index (χ1n) is 7.73. The van der Waals surface area contributed by atoms with Crippen molar-refractivity contribution in [2.45, 2.75) is 50.7 Å². The van der Waals surface area contributed by atoms with E-state index in [9.17, 15) is 0 Å². The molecule has 3 heteroatoms. The van der Waals surface area contributed by atoms with Crippen molar-refractivity contribution in [3.63, 3.8) is 0 Å². The summed E-state index contributed by atoms with van der Waals surface area (Å²) in [5.41, 5.74) is 1.27. The molecule has 1 fully saturated rings. The van der Waals surface area contributed by atoms with Gasteiger partial charge < -0.3 is 14.8 Å². The lowest BCUT2D eigenvalue weighted by atomic mass is 9.71. The van der Waals surface area contributed by atoms with Gasteiger partial charge in [-0.3, -0.25) is 0 Å². The Balaban J connectivity index is 1.99. The number of hydrogen-bond acceptors (Lipinski definition) is 3. The first-order valence-corrected chi connectivity index (χ1v) is 7.73. The van der Waals surface area contributed by atoms with Crippen LogP contribution in [0.3, 0.4) is 0 Å². The molecule has 1 aromatic carbocycles. The second-order valence-electron chi connectivity index (χ2n) is 6.26. The summed E-state index contributed by atoms with van der Waals surface area (Å²) in [6.45, 7) is 2.34. The molecule has 3 nitrogen and oxygen atoms in total. The van der Waals surface area contributed by atoms with E-state index in [0.29, 0.717) is 12.0 Å². The monoisotopic (exact) mass is 275 g/mol. The molecule has 1 aromatic rings. The molecule has 0 bridgehead atoms. The second-order valence-corrected chi connectivity index (χ2v) is 6.26. The van der Waals surface area contributed by atoms with Crippen LogP contribution in [0.5, 0.6) is 11.5 Å². The van der Waals surface area contributed by atoms with Gasteiger partial charge in [-0.1, -0.05) is 19.4 Å². The number of fused-ring (bicyclic) bond motifs is 1. The van der Waals surface area contributed by atoms with Crippen molar-refractivity contribution in [2.24, 2.45) is 5.92 Å². The molecular formula is C17H25NO2. The van der Waals surface area contributed by atoms with Crippen LogP contribution in [0, 0.1) is 5.92 Å². The highest BCUT2D eigenvalue weighted by molar-refractivity contribution is 5.44. The summed E-state index contributed by atoms with van der Waals surface area (Å²) in [7, 11) is 3.75. The van der Waals surface area contributed by atoms with Crippen molar-refractivity contribution in [1.82, 2.24) is 5.32 Å². The van der Waals surface area contributed by atoms with Gasteiger partial charge >= 0.3 is 0 Å². The summed E-state index contributed by atoms with van der Waals surface area (Å²) in [5.74, 6) is 2.49. The smallest absolute Gasteiger partial charge is 0.128 e. The Bertz CT molecular complexity index is 488. The lowest BCUT2D eigenvalue weighted by molar-refractivity contribution is -0.0438. The number of rotatable bonds is 2. The van der Waals surface area contributed by atoms with Crippen LogP contribution in [0.25, 0.3) is 0 Å². The molecule has 0 saturated heterocycles. The maximum absolute atomic E-state index is 6.53. The van der Waals surface area contributed by atoms with Gasteiger partial charge in [0.05, 0.1) is 7.11 Å². The van der Waals surface area contributed by atoms with Gasteiger partial charge in [0.1, 0.15) is 17.1 Å². The number of ether oxygens (including phenoxy) is 2. The zero-order valence-electron chi connectivity index (χ0n) is 12.7. The number of nitrogens with one attached hydrogen (secondary N) is 1. The number of methoxy groups -OCH3 is 1. The van der Waals surface area contributed by atoms with Gasteiger partial charge in [0.15, 0.2) is 0 Å². The third-order valence-corrected chi connectivity index (χ3v) is 5.19. The van der Waals surface area contributed by atoms with Crippen LogP contribution in [0.15, 0.2) is 18.2 Å². The van der Waals surface area contributed by atoms with Crippen LogP contribution in [0.2, 0.25) is 0 Å². The standard InChI is InChI=1S/C17H25NO2/c1-12-6-4-5-9-17(12)11-15(18-2)14-8-7-13(19-3)10-16(14)20-17/h7-8,10,12,15,18H,4-6,9,11H2,1-3H3. The maximum atomic E-state index is 6.53. The van der Waals surface area contributed by atoms with Crippen molar-refractivity contribution in [1.29, 1.82) is 0 Å². The van der Waals surface area contributed by atoms with Crippen LogP contribution in [0.4, 0.5) is 0 Å². The van der Waals surface area contributed by atoms with E-state index in [0.717, 1.165) is 17.9 Å². The van der Waals surface area contributed by atoms with Gasteiger partial charge in [-0.25, -0.2) is 0 Å². The van der Waals surface area contributed by atoms with Crippen LogP contribution in [-0.2, 0) is 0 Å². The average Bonchev–Trinajstić information content (AvgIpc) is 2.49. The van der Waals surface area contributed by atoms with Crippen LogP contribution >= 0.6 is 0 Å². The first kappa shape index (κ1) is 13.7. The summed E-state index contributed by atoms with van der Waals surface area (Å²) >= 11 is 0. The highest BCUT2D eigenvalue weighted by atomic mass is 16.5. The molecule has 1 N–H and O–H groups in total. The highest BCUT2D eigenvalue weighted by Gasteiger charge is 2.45. The predicted octanol–water partition coefficient (Wildman–Crippen LogP) is 3.69. The summed E-state index contributed by atoms with van der Waals surface area (Å²) < 4.78 is 11.9. The maximum Gasteiger partial charge on any atom is 0.128 e. The van der Waals surface area contributed by atoms with E-state index in [1.54, 1.807) is 7.11 Å². The molecule has 110 valence electrons. The number of hydrogen-bond donors (Lipinski definition) is 1. The quantitative estimate of drug-likeness (QED) is 0.893. The Labute approximate surface area is 121 Å². The van der Waals surface area contributed by atoms with E-state index in [-0.39, 0.29) is 5.60 Å². The Morgan fingerprint density at radius 3 is 2.90 bits per heavy atom. The molecule has 1 aliphatic carbocycles. The van der Waals surface area contributed by atoms with Gasteiger partial charge in [-0.15, -0.1) is 0 Å². The largest absolute Gasteiger partial charge is 0.497 e. The van der Waals surface area contributed by atoms with Crippen molar-refractivity contribution in [3.05, 3.63) is 23.8 Å². The molecule has 0 radical (unpaired) electrons. The molecule has 3 unspecified atom stereocenters. The fraction of sp³-hybridized carbons (Fsp3) is 0.647. The molecule has 1 saturated carbocycles. The Kier molecular flexibility index (Phi) is 3.63. The molecule has 0 aromatic heterocycles. The van der Waals surface area contributed by atoms with Crippen molar-refractivity contribution < 1.29 is 9.47 Å². The van der Waals surface area contributed by atoms with Gasteiger partial charge in [0, 0.05) is 24.1 Å². The van der Waals surface area contributed by atoms with E-state index >= 15 is 0 Å². The average molecular weight is 275 g/mol. The van der Waals surface area contributed by atoms with E-state index in [1.165, 1.54) is 31.2 Å². The molecule has 1 aliphatic heterocycles. The summed E-state index contributed by atoms with van der Waals surface area (Å²) in [5, 5.41) is 3.47. The first-order chi connectivity index (χ1) is 9.68. The van der Waals surface area contributed by atoms with Gasteiger partial charge in [0.25, 0.3) is 0 Å². The van der Waals surface area contributed by atoms with Crippen LogP contribution < -0.4 is 14.8 Å². The minimum Gasteiger partial charge on any atom is -0.497 e. The Morgan fingerprint density at radius 1 is 1.35 bits per heavy atom. The summed E-state index contributed by atoms with van der Waals surface area (Å²) in [6.07, 6.45) is 6.13. The molecule has 1 spiro atoms. The lowest BCUT2D eigenvalue weighted by Gasteiger charge is -2.48. The van der Waals surface area contributed by atoms with E-state index in [2.05, 4.69) is 18.3 Å². The SMILES string of the molecule is CNC1CC2(CCCCC2C)Oc2cc(OC)ccc21. The molecule has 20 heavy (non-hydrogen) atoms. The molecular weight excluding hydrogens is 250 g/mol. The minimum atomic E-state index is 0.00525. The van der Waals surface area contributed by atoms with Crippen molar-refractivity contribution in [2.75, 3.05) is 14.2 Å². The minimum absolute atomic E-state index is 0.00525. The zero-order chi connectivity index (χ0) is 14.2. The topological polar surface area (TPSA) is 30.5 Å². The zero-order valence-corrected chi connectivity index (χ0v) is 12.7. The van der Waals surface area contributed by atoms with Gasteiger partial charge in [-0.05, 0) is 38.3 Å². The summed E-state index contributed by atoms with van der Waals surface area (Å²) in [6, 6.07) is 6.58. The predicted molar refractivity (Wildman–Crippen MR) is 80.4 cm³/mol.